The highest BCUT2D eigenvalue weighted by atomic mass is 16.5. The molecule has 2 saturated carbocycles. The number of amides is 2. The first-order valence-corrected chi connectivity index (χ1v) is 8.88. The van der Waals surface area contributed by atoms with E-state index in [1.54, 1.807) is 7.11 Å². The lowest BCUT2D eigenvalue weighted by Gasteiger charge is -2.11. The van der Waals surface area contributed by atoms with Crippen LogP contribution in [0.25, 0.3) is 0 Å². The number of rotatable bonds is 7. The third-order valence-electron chi connectivity index (χ3n) is 5.04. The van der Waals surface area contributed by atoms with Crippen LogP contribution in [0.5, 0.6) is 5.75 Å². The molecule has 5 heteroatoms. The second-order valence-corrected chi connectivity index (χ2v) is 6.83. The van der Waals surface area contributed by atoms with Crippen molar-refractivity contribution in [2.45, 2.75) is 44.6 Å². The molecular formula is C19H26N2O3. The molecule has 2 amide bonds. The van der Waals surface area contributed by atoms with Crippen molar-refractivity contribution in [1.29, 1.82) is 0 Å². The fourth-order valence-corrected chi connectivity index (χ4v) is 3.41. The minimum Gasteiger partial charge on any atom is -0.497 e. The zero-order valence-electron chi connectivity index (χ0n) is 14.2. The standard InChI is InChI=1S/C19H26N2O3/c1-24-15-8-6-13(7-9-15)10-11-20-18(22)16-12-17(16)19(23)21-14-4-2-3-5-14/h6-9,14,16-17H,2-5,10-12H2,1H3,(H,20,22)(H,21,23). The monoisotopic (exact) mass is 330 g/mol. The van der Waals surface area contributed by atoms with Crippen LogP contribution in [0, 0.1) is 11.8 Å². The van der Waals surface area contributed by atoms with Crippen LogP contribution in [-0.2, 0) is 16.0 Å². The Morgan fingerprint density at radius 2 is 1.75 bits per heavy atom. The summed E-state index contributed by atoms with van der Waals surface area (Å²) in [6.45, 7) is 0.596. The van der Waals surface area contributed by atoms with Gasteiger partial charge in [0, 0.05) is 12.6 Å². The van der Waals surface area contributed by atoms with Gasteiger partial charge in [0.05, 0.1) is 18.9 Å². The second-order valence-electron chi connectivity index (χ2n) is 6.83. The first kappa shape index (κ1) is 16.8. The van der Waals surface area contributed by atoms with Crippen molar-refractivity contribution >= 4 is 11.8 Å². The van der Waals surface area contributed by atoms with Crippen LogP contribution in [0.3, 0.4) is 0 Å². The first-order chi connectivity index (χ1) is 11.7. The largest absolute Gasteiger partial charge is 0.497 e. The van der Waals surface area contributed by atoms with Gasteiger partial charge in [0.25, 0.3) is 0 Å². The van der Waals surface area contributed by atoms with E-state index in [2.05, 4.69) is 10.6 Å². The summed E-state index contributed by atoms with van der Waals surface area (Å²) in [5.41, 5.74) is 1.16. The van der Waals surface area contributed by atoms with E-state index >= 15 is 0 Å². The molecule has 0 bridgehead atoms. The third-order valence-corrected chi connectivity index (χ3v) is 5.04. The quantitative estimate of drug-likeness (QED) is 0.804. The fraction of sp³-hybridized carbons (Fsp3) is 0.579. The van der Waals surface area contributed by atoms with Crippen LogP contribution in [-0.4, -0.2) is 31.5 Å². The lowest BCUT2D eigenvalue weighted by molar-refractivity contribution is -0.127. The first-order valence-electron chi connectivity index (χ1n) is 8.88. The summed E-state index contributed by atoms with van der Waals surface area (Å²) in [4.78, 5) is 24.3. The molecule has 0 saturated heterocycles. The van der Waals surface area contributed by atoms with Gasteiger partial charge in [-0.1, -0.05) is 25.0 Å². The molecule has 2 unspecified atom stereocenters. The van der Waals surface area contributed by atoms with Gasteiger partial charge in [-0.3, -0.25) is 9.59 Å². The van der Waals surface area contributed by atoms with Crippen molar-refractivity contribution in [3.05, 3.63) is 29.8 Å². The third kappa shape index (κ3) is 4.28. The molecule has 0 spiro atoms. The van der Waals surface area contributed by atoms with Gasteiger partial charge in [-0.25, -0.2) is 0 Å². The molecule has 0 heterocycles. The second kappa shape index (κ2) is 7.69. The predicted molar refractivity (Wildman–Crippen MR) is 91.7 cm³/mol. The molecule has 0 radical (unpaired) electrons. The summed E-state index contributed by atoms with van der Waals surface area (Å²) in [5.74, 6) is 0.651. The molecule has 2 N–H and O–H groups in total. The molecule has 2 fully saturated rings. The molecule has 130 valence electrons. The van der Waals surface area contributed by atoms with Crippen LogP contribution in [0.4, 0.5) is 0 Å². The van der Waals surface area contributed by atoms with Gasteiger partial charge in [0.2, 0.25) is 11.8 Å². The number of benzene rings is 1. The topological polar surface area (TPSA) is 67.4 Å². The molecule has 24 heavy (non-hydrogen) atoms. The number of hydrogen-bond donors (Lipinski definition) is 2. The lowest BCUT2D eigenvalue weighted by Crippen LogP contribution is -2.35. The van der Waals surface area contributed by atoms with E-state index in [9.17, 15) is 9.59 Å². The van der Waals surface area contributed by atoms with E-state index < -0.39 is 0 Å². The Morgan fingerprint density at radius 3 is 2.42 bits per heavy atom. The van der Waals surface area contributed by atoms with Gasteiger partial charge in [0.1, 0.15) is 5.75 Å². The highest BCUT2D eigenvalue weighted by Crippen LogP contribution is 2.39. The summed E-state index contributed by atoms with van der Waals surface area (Å²) >= 11 is 0. The summed E-state index contributed by atoms with van der Waals surface area (Å²) < 4.78 is 5.13. The molecule has 1 aromatic rings. The summed E-state index contributed by atoms with van der Waals surface area (Å²) in [7, 11) is 1.64. The summed E-state index contributed by atoms with van der Waals surface area (Å²) in [5, 5.41) is 6.04. The van der Waals surface area contributed by atoms with E-state index in [-0.39, 0.29) is 23.7 Å². The number of methoxy groups -OCH3 is 1. The van der Waals surface area contributed by atoms with Crippen molar-refractivity contribution in [3.8, 4) is 5.75 Å². The molecule has 3 rings (SSSR count). The number of carbonyl (C=O) groups excluding carboxylic acids is 2. The van der Waals surface area contributed by atoms with Crippen molar-refractivity contribution in [3.63, 3.8) is 0 Å². The van der Waals surface area contributed by atoms with Crippen LogP contribution in [0.1, 0.15) is 37.7 Å². The highest BCUT2D eigenvalue weighted by molar-refractivity contribution is 5.92. The Bertz CT molecular complexity index is 579. The number of ether oxygens (including phenoxy) is 1. The van der Waals surface area contributed by atoms with Gasteiger partial charge < -0.3 is 15.4 Å². The van der Waals surface area contributed by atoms with Crippen molar-refractivity contribution in [2.24, 2.45) is 11.8 Å². The smallest absolute Gasteiger partial charge is 0.224 e. The Morgan fingerprint density at radius 1 is 1.08 bits per heavy atom. The minimum absolute atomic E-state index is 0.00934. The van der Waals surface area contributed by atoms with Crippen molar-refractivity contribution < 1.29 is 14.3 Å². The van der Waals surface area contributed by atoms with Crippen molar-refractivity contribution in [2.75, 3.05) is 13.7 Å². The fourth-order valence-electron chi connectivity index (χ4n) is 3.41. The number of nitrogens with one attached hydrogen (secondary N) is 2. The maximum Gasteiger partial charge on any atom is 0.224 e. The average Bonchev–Trinajstić information content (AvgIpc) is 3.25. The van der Waals surface area contributed by atoms with Crippen LogP contribution in [0.2, 0.25) is 0 Å². The van der Waals surface area contributed by atoms with Gasteiger partial charge in [-0.2, -0.15) is 0 Å². The predicted octanol–water partition coefficient (Wildman–Crippen LogP) is 2.05. The molecular weight excluding hydrogens is 304 g/mol. The Balaban J connectivity index is 1.36. The summed E-state index contributed by atoms with van der Waals surface area (Å²) in [6.07, 6.45) is 6.03. The van der Waals surface area contributed by atoms with Crippen molar-refractivity contribution in [1.82, 2.24) is 10.6 Å². The van der Waals surface area contributed by atoms with E-state index in [1.165, 1.54) is 12.8 Å². The SMILES string of the molecule is COc1ccc(CCNC(=O)C2CC2C(=O)NC2CCCC2)cc1. The Hall–Kier alpha value is -2.04. The van der Waals surface area contributed by atoms with Crippen LogP contribution >= 0.6 is 0 Å². The molecule has 2 aliphatic rings. The van der Waals surface area contributed by atoms with Crippen LogP contribution < -0.4 is 15.4 Å². The number of hydrogen-bond acceptors (Lipinski definition) is 3. The van der Waals surface area contributed by atoms with Gasteiger partial charge in [0.15, 0.2) is 0 Å². The average molecular weight is 330 g/mol. The van der Waals surface area contributed by atoms with Gasteiger partial charge in [-0.05, 0) is 43.4 Å². The maximum atomic E-state index is 12.1. The zero-order chi connectivity index (χ0) is 16.9. The van der Waals surface area contributed by atoms with E-state index in [1.807, 2.05) is 24.3 Å². The molecule has 0 aromatic heterocycles. The molecule has 1 aromatic carbocycles. The molecule has 0 aliphatic heterocycles. The van der Waals surface area contributed by atoms with Gasteiger partial charge in [-0.15, -0.1) is 0 Å². The van der Waals surface area contributed by atoms with Gasteiger partial charge >= 0.3 is 0 Å². The minimum atomic E-state index is -0.137. The van der Waals surface area contributed by atoms with E-state index in [0.717, 1.165) is 30.6 Å². The lowest BCUT2D eigenvalue weighted by atomic mass is 10.1. The summed E-state index contributed by atoms with van der Waals surface area (Å²) in [6, 6.07) is 8.17. The van der Waals surface area contributed by atoms with E-state index in [0.29, 0.717) is 19.0 Å². The Labute approximate surface area is 143 Å². The van der Waals surface area contributed by atoms with Crippen LogP contribution in [0.15, 0.2) is 24.3 Å². The molecule has 5 nitrogen and oxygen atoms in total. The number of carbonyl (C=O) groups is 2. The zero-order valence-corrected chi connectivity index (χ0v) is 14.2. The maximum absolute atomic E-state index is 12.1. The highest BCUT2D eigenvalue weighted by Gasteiger charge is 2.48. The molecule has 2 aliphatic carbocycles. The molecule has 2 atom stereocenters. The normalized spacial score (nSPS) is 22.9. The van der Waals surface area contributed by atoms with E-state index in [4.69, 9.17) is 4.74 Å². The Kier molecular flexibility index (Phi) is 5.38.